The summed E-state index contributed by atoms with van der Waals surface area (Å²) in [6.45, 7) is 3.20. The zero-order valence-electron chi connectivity index (χ0n) is 11.7. The molecule has 0 heterocycles. The van der Waals surface area contributed by atoms with Crippen molar-refractivity contribution in [3.63, 3.8) is 0 Å². The van der Waals surface area contributed by atoms with Gasteiger partial charge in [-0.05, 0) is 24.6 Å². The van der Waals surface area contributed by atoms with Crippen LogP contribution in [-0.2, 0) is 0 Å². The number of hydrogen-bond donors (Lipinski definition) is 1. The van der Waals surface area contributed by atoms with Gasteiger partial charge in [-0.1, -0.05) is 42.5 Å². The van der Waals surface area contributed by atoms with Crippen LogP contribution in [-0.4, -0.2) is 19.0 Å². The van der Waals surface area contributed by atoms with Crippen LogP contribution in [0.2, 0.25) is 0 Å². The van der Waals surface area contributed by atoms with Gasteiger partial charge >= 0.3 is 0 Å². The van der Waals surface area contributed by atoms with Crippen LogP contribution in [0.4, 0.5) is 0 Å². The smallest absolute Gasteiger partial charge is 0.161 e. The van der Waals surface area contributed by atoms with Crippen LogP contribution < -0.4 is 9.47 Å². The molecule has 2 aromatic rings. The molecule has 2 rings (SSSR count). The van der Waals surface area contributed by atoms with Gasteiger partial charge in [0.15, 0.2) is 11.5 Å². The molecule has 20 heavy (non-hydrogen) atoms. The highest BCUT2D eigenvalue weighted by atomic mass is 32.1. The first-order valence-electron chi connectivity index (χ1n) is 6.85. The molecule has 3 heteroatoms. The minimum atomic E-state index is 0.272. The molecule has 1 atom stereocenters. The van der Waals surface area contributed by atoms with E-state index < -0.39 is 0 Å². The van der Waals surface area contributed by atoms with Crippen molar-refractivity contribution in [3.05, 3.63) is 60.2 Å². The quantitative estimate of drug-likeness (QED) is 0.771. The predicted molar refractivity (Wildman–Crippen MR) is 86.1 cm³/mol. The topological polar surface area (TPSA) is 18.5 Å². The van der Waals surface area contributed by atoms with Gasteiger partial charge in [0.2, 0.25) is 0 Å². The summed E-state index contributed by atoms with van der Waals surface area (Å²) >= 11 is 4.43. The van der Waals surface area contributed by atoms with E-state index in [0.29, 0.717) is 13.2 Å². The summed E-state index contributed by atoms with van der Waals surface area (Å²) in [5, 5.41) is 0. The number of para-hydroxylation sites is 2. The van der Waals surface area contributed by atoms with E-state index in [1.807, 2.05) is 49.4 Å². The molecule has 0 fully saturated rings. The van der Waals surface area contributed by atoms with E-state index in [1.54, 1.807) is 0 Å². The van der Waals surface area contributed by atoms with Gasteiger partial charge in [-0.2, -0.15) is 12.6 Å². The van der Waals surface area contributed by atoms with Crippen LogP contribution in [0, 0.1) is 0 Å². The van der Waals surface area contributed by atoms with Crippen LogP contribution in [0.3, 0.4) is 0 Å². The summed E-state index contributed by atoms with van der Waals surface area (Å²) in [6, 6.07) is 18.1. The summed E-state index contributed by atoms with van der Waals surface area (Å²) in [5.74, 6) is 2.60. The highest BCUT2D eigenvalue weighted by Crippen LogP contribution is 2.28. The Kier molecular flexibility index (Phi) is 5.81. The minimum absolute atomic E-state index is 0.272. The molecule has 0 saturated carbocycles. The summed E-state index contributed by atoms with van der Waals surface area (Å²) < 4.78 is 11.5. The third-order valence-corrected chi connectivity index (χ3v) is 3.52. The highest BCUT2D eigenvalue weighted by molar-refractivity contribution is 7.80. The van der Waals surface area contributed by atoms with Crippen LogP contribution in [0.5, 0.6) is 11.5 Å². The highest BCUT2D eigenvalue weighted by Gasteiger charge is 2.12. The lowest BCUT2D eigenvalue weighted by Crippen LogP contribution is -2.12. The van der Waals surface area contributed by atoms with Crippen molar-refractivity contribution in [1.82, 2.24) is 0 Å². The molecule has 1 unspecified atom stereocenters. The second kappa shape index (κ2) is 7.85. The lowest BCUT2D eigenvalue weighted by Gasteiger charge is -2.17. The number of thiol groups is 1. The van der Waals surface area contributed by atoms with Crippen molar-refractivity contribution in [1.29, 1.82) is 0 Å². The van der Waals surface area contributed by atoms with Gasteiger partial charge in [0.25, 0.3) is 0 Å². The number of rotatable bonds is 7. The molecular weight excluding hydrogens is 268 g/mol. The average Bonchev–Trinajstić information content (AvgIpc) is 2.51. The maximum Gasteiger partial charge on any atom is 0.161 e. The summed E-state index contributed by atoms with van der Waals surface area (Å²) in [4.78, 5) is 0. The molecule has 0 N–H and O–H groups in total. The van der Waals surface area contributed by atoms with Crippen LogP contribution in [0.1, 0.15) is 18.4 Å². The molecule has 0 aliphatic rings. The van der Waals surface area contributed by atoms with Crippen molar-refractivity contribution in [2.24, 2.45) is 0 Å². The fourth-order valence-corrected chi connectivity index (χ4v) is 2.33. The summed E-state index contributed by atoms with van der Waals surface area (Å²) in [5.41, 5.74) is 1.25. The van der Waals surface area contributed by atoms with Crippen molar-refractivity contribution in [2.45, 2.75) is 12.8 Å². The predicted octanol–water partition coefficient (Wildman–Crippen LogP) is 4.18. The Morgan fingerprint density at radius 1 is 0.900 bits per heavy atom. The Balaban J connectivity index is 2.04. The molecule has 0 aliphatic heterocycles. The zero-order chi connectivity index (χ0) is 14.2. The molecule has 0 saturated heterocycles. The average molecular weight is 288 g/mol. The standard InChI is InChI=1S/C17H20O2S/c1-2-18-16-10-6-7-11-17(16)19-12-15(13-20)14-8-4-3-5-9-14/h3-11,15,20H,2,12-13H2,1H3. The van der Waals surface area contributed by atoms with Crippen LogP contribution >= 0.6 is 12.6 Å². The lowest BCUT2D eigenvalue weighted by atomic mass is 10.0. The molecule has 0 spiro atoms. The Bertz CT molecular complexity index is 513. The van der Waals surface area contributed by atoms with Gasteiger partial charge in [-0.15, -0.1) is 0 Å². The van der Waals surface area contributed by atoms with Crippen molar-refractivity contribution in [2.75, 3.05) is 19.0 Å². The van der Waals surface area contributed by atoms with E-state index in [-0.39, 0.29) is 5.92 Å². The molecule has 0 amide bonds. The number of ether oxygens (including phenoxy) is 2. The van der Waals surface area contributed by atoms with Gasteiger partial charge in [-0.3, -0.25) is 0 Å². The van der Waals surface area contributed by atoms with Crippen LogP contribution in [0.25, 0.3) is 0 Å². The van der Waals surface area contributed by atoms with E-state index in [9.17, 15) is 0 Å². The first-order chi connectivity index (χ1) is 9.85. The number of hydrogen-bond acceptors (Lipinski definition) is 3. The third-order valence-electron chi connectivity index (χ3n) is 3.08. The largest absolute Gasteiger partial charge is 0.490 e. The second-order valence-corrected chi connectivity index (χ2v) is 4.85. The first kappa shape index (κ1) is 14.8. The number of benzene rings is 2. The monoisotopic (exact) mass is 288 g/mol. The first-order valence-corrected chi connectivity index (χ1v) is 7.48. The fraction of sp³-hybridized carbons (Fsp3) is 0.294. The van der Waals surface area contributed by atoms with Gasteiger partial charge < -0.3 is 9.47 Å². The Hall–Kier alpha value is -1.61. The summed E-state index contributed by atoms with van der Waals surface area (Å²) in [6.07, 6.45) is 0. The second-order valence-electron chi connectivity index (χ2n) is 4.48. The van der Waals surface area contributed by atoms with Crippen molar-refractivity contribution in [3.8, 4) is 11.5 Å². The Morgan fingerprint density at radius 3 is 2.10 bits per heavy atom. The van der Waals surface area contributed by atoms with Crippen molar-refractivity contribution < 1.29 is 9.47 Å². The maximum atomic E-state index is 5.92. The molecule has 0 bridgehead atoms. The van der Waals surface area contributed by atoms with Crippen LogP contribution in [0.15, 0.2) is 54.6 Å². The molecule has 0 radical (unpaired) electrons. The van der Waals surface area contributed by atoms with Gasteiger partial charge in [0, 0.05) is 11.7 Å². The van der Waals surface area contributed by atoms with Crippen molar-refractivity contribution >= 4 is 12.6 Å². The van der Waals surface area contributed by atoms with E-state index in [2.05, 4.69) is 24.8 Å². The van der Waals surface area contributed by atoms with Gasteiger partial charge in [-0.25, -0.2) is 0 Å². The minimum Gasteiger partial charge on any atom is -0.490 e. The Labute approximate surface area is 126 Å². The molecule has 2 aromatic carbocycles. The molecular formula is C17H20O2S. The van der Waals surface area contributed by atoms with E-state index >= 15 is 0 Å². The van der Waals surface area contributed by atoms with E-state index in [0.717, 1.165) is 17.3 Å². The van der Waals surface area contributed by atoms with E-state index in [4.69, 9.17) is 9.47 Å². The SMILES string of the molecule is CCOc1ccccc1OCC(CS)c1ccccc1. The molecule has 0 aromatic heterocycles. The molecule has 0 aliphatic carbocycles. The maximum absolute atomic E-state index is 5.92. The van der Waals surface area contributed by atoms with Gasteiger partial charge in [0.1, 0.15) is 0 Å². The molecule has 106 valence electrons. The van der Waals surface area contributed by atoms with E-state index in [1.165, 1.54) is 5.56 Å². The third kappa shape index (κ3) is 3.94. The normalized spacial score (nSPS) is 11.9. The molecule has 2 nitrogen and oxygen atoms in total. The lowest BCUT2D eigenvalue weighted by molar-refractivity contribution is 0.266. The Morgan fingerprint density at radius 2 is 1.50 bits per heavy atom. The fourth-order valence-electron chi connectivity index (χ4n) is 2.01. The summed E-state index contributed by atoms with van der Waals surface area (Å²) in [7, 11) is 0. The van der Waals surface area contributed by atoms with Gasteiger partial charge in [0.05, 0.1) is 13.2 Å². The zero-order valence-corrected chi connectivity index (χ0v) is 12.6.